The van der Waals surface area contributed by atoms with Crippen LogP contribution >= 0.6 is 0 Å². The van der Waals surface area contributed by atoms with E-state index in [2.05, 4.69) is 9.89 Å². The Morgan fingerprint density at radius 1 is 1.30 bits per heavy atom. The predicted octanol–water partition coefficient (Wildman–Crippen LogP) is 1.04. The van der Waals surface area contributed by atoms with Gasteiger partial charge in [-0.2, -0.15) is 18.9 Å². The van der Waals surface area contributed by atoms with Crippen LogP contribution in [-0.4, -0.2) is 62.5 Å². The molecule has 5 N–H and O–H groups in total. The molecular weight excluding hydrogens is 366 g/mol. The number of amidine groups is 1. The van der Waals surface area contributed by atoms with Gasteiger partial charge >= 0.3 is 10.1 Å². The van der Waals surface area contributed by atoms with Gasteiger partial charge in [0, 0.05) is 12.6 Å². The van der Waals surface area contributed by atoms with Crippen LogP contribution in [0.2, 0.25) is 0 Å². The highest BCUT2D eigenvalue weighted by Crippen LogP contribution is 2.32. The van der Waals surface area contributed by atoms with Crippen molar-refractivity contribution in [1.29, 1.82) is 0 Å². The van der Waals surface area contributed by atoms with Gasteiger partial charge in [0.1, 0.15) is 12.6 Å². The molecule has 0 amide bonds. The van der Waals surface area contributed by atoms with Gasteiger partial charge in [-0.15, -0.1) is 0 Å². The van der Waals surface area contributed by atoms with Gasteiger partial charge in [0.05, 0.1) is 6.54 Å². The van der Waals surface area contributed by atoms with Gasteiger partial charge in [-0.3, -0.25) is 4.55 Å². The molecule has 1 fully saturated rings. The molecule has 2 heterocycles. The van der Waals surface area contributed by atoms with Crippen molar-refractivity contribution in [3.63, 3.8) is 0 Å². The number of aliphatic imine (C=N–C) groups is 1. The second-order valence-corrected chi connectivity index (χ2v) is 8.97. The molecule has 2 aliphatic heterocycles. The molecule has 1 aromatic carbocycles. The van der Waals surface area contributed by atoms with Crippen molar-refractivity contribution in [2.75, 3.05) is 32.7 Å². The number of hydrogen-bond acceptors (Lipinski definition) is 6. The highest BCUT2D eigenvalue weighted by atomic mass is 32.2. The van der Waals surface area contributed by atoms with Crippen LogP contribution in [0.25, 0.3) is 0 Å². The van der Waals surface area contributed by atoms with Crippen molar-refractivity contribution < 1.29 is 13.0 Å². The number of benzene rings is 1. The van der Waals surface area contributed by atoms with Gasteiger partial charge in [-0.1, -0.05) is 12.5 Å². The Morgan fingerprint density at radius 2 is 2.00 bits per heavy atom. The van der Waals surface area contributed by atoms with E-state index in [1.807, 2.05) is 6.92 Å². The Morgan fingerprint density at radius 3 is 2.67 bits per heavy atom. The minimum atomic E-state index is -4.40. The van der Waals surface area contributed by atoms with E-state index >= 15 is 0 Å². The maximum Gasteiger partial charge on any atom is 0.300 e. The lowest BCUT2D eigenvalue weighted by Crippen LogP contribution is -2.64. The molecule has 0 saturated carbocycles. The number of hydrogen-bond donors (Lipinski definition) is 3. The van der Waals surface area contributed by atoms with Crippen molar-refractivity contribution in [3.05, 3.63) is 23.8 Å². The molecule has 8 nitrogen and oxygen atoms in total. The maximum absolute atomic E-state index is 11.9. The average Bonchev–Trinajstić information content (AvgIpc) is 3.02. The predicted molar refractivity (Wildman–Crippen MR) is 107 cm³/mol. The Kier molecular flexibility index (Phi) is 5.99. The third-order valence-corrected chi connectivity index (χ3v) is 6.40. The number of piperidine rings is 1. The van der Waals surface area contributed by atoms with Crippen molar-refractivity contribution in [2.24, 2.45) is 16.6 Å². The van der Waals surface area contributed by atoms with Crippen molar-refractivity contribution >= 4 is 21.6 Å². The zero-order chi connectivity index (χ0) is 19.7. The van der Waals surface area contributed by atoms with Crippen LogP contribution in [0.3, 0.4) is 0 Å². The standard InChI is InChI=1S/C18H29N5O3S/c1-14-5-6-17(27(24,25)26)16(13-14)23(20)12-8-21-18(23)15(19)7-11-22-9-3-2-4-10-22/h5-6,13,15H,2-4,7-12,19-20H2,1H3/p+1. The second-order valence-electron chi connectivity index (χ2n) is 7.58. The summed E-state index contributed by atoms with van der Waals surface area (Å²) in [4.78, 5) is 6.74. The van der Waals surface area contributed by atoms with Crippen LogP contribution in [0, 0.1) is 6.92 Å². The molecule has 2 atom stereocenters. The van der Waals surface area contributed by atoms with E-state index in [1.165, 1.54) is 25.3 Å². The molecule has 2 unspecified atom stereocenters. The van der Waals surface area contributed by atoms with Gasteiger partial charge in [-0.05, 0) is 50.9 Å². The Balaban J connectivity index is 1.85. The zero-order valence-electron chi connectivity index (χ0n) is 15.8. The lowest BCUT2D eigenvalue weighted by molar-refractivity contribution is 0.224. The Bertz CT molecular complexity index is 820. The molecule has 1 saturated heterocycles. The number of nitrogens with zero attached hydrogens (tertiary/aromatic N) is 3. The third kappa shape index (κ3) is 4.39. The second kappa shape index (κ2) is 7.94. The van der Waals surface area contributed by atoms with Crippen molar-refractivity contribution in [2.45, 2.75) is 43.5 Å². The molecule has 150 valence electrons. The summed E-state index contributed by atoms with van der Waals surface area (Å²) in [6.07, 6.45) is 4.43. The molecule has 0 bridgehead atoms. The van der Waals surface area contributed by atoms with E-state index in [9.17, 15) is 13.0 Å². The summed E-state index contributed by atoms with van der Waals surface area (Å²) in [6, 6.07) is 4.36. The lowest BCUT2D eigenvalue weighted by atomic mass is 10.1. The van der Waals surface area contributed by atoms with Crippen molar-refractivity contribution in [1.82, 2.24) is 9.49 Å². The summed E-state index contributed by atoms with van der Waals surface area (Å²) in [5.41, 5.74) is 7.62. The number of aryl methyl sites for hydroxylation is 1. The monoisotopic (exact) mass is 396 g/mol. The first-order chi connectivity index (χ1) is 12.7. The molecule has 27 heavy (non-hydrogen) atoms. The average molecular weight is 397 g/mol. The number of quaternary nitrogens is 1. The van der Waals surface area contributed by atoms with Crippen LogP contribution in [0.5, 0.6) is 0 Å². The molecule has 0 spiro atoms. The van der Waals surface area contributed by atoms with E-state index in [0.29, 0.717) is 31.0 Å². The molecule has 1 aromatic rings. The van der Waals surface area contributed by atoms with Gasteiger partial charge in [0.2, 0.25) is 5.84 Å². The first-order valence-electron chi connectivity index (χ1n) is 9.50. The molecule has 0 aliphatic carbocycles. The van der Waals surface area contributed by atoms with Crippen LogP contribution in [0.1, 0.15) is 31.2 Å². The topological polar surface area (TPSA) is 122 Å². The van der Waals surface area contributed by atoms with E-state index in [0.717, 1.165) is 25.2 Å². The van der Waals surface area contributed by atoms with Crippen LogP contribution < -0.4 is 16.2 Å². The minimum absolute atomic E-state index is 0.187. The highest BCUT2D eigenvalue weighted by Gasteiger charge is 2.44. The molecule has 0 aromatic heterocycles. The third-order valence-electron chi connectivity index (χ3n) is 5.49. The first-order valence-corrected chi connectivity index (χ1v) is 10.9. The normalized spacial score (nSPS) is 25.4. The summed E-state index contributed by atoms with van der Waals surface area (Å²) >= 11 is 0. The van der Waals surface area contributed by atoms with E-state index in [-0.39, 0.29) is 15.5 Å². The van der Waals surface area contributed by atoms with Crippen LogP contribution in [0.4, 0.5) is 5.69 Å². The SMILES string of the molecule is Cc1ccc(S(=O)(=O)O)c([N+]2(N)CCN=C2C(N)CCN2CCCCC2)c1. The summed E-state index contributed by atoms with van der Waals surface area (Å²) in [5.74, 6) is 7.21. The Labute approximate surface area is 161 Å². The lowest BCUT2D eigenvalue weighted by Gasteiger charge is -2.32. The Hall–Kier alpha value is -1.36. The number of likely N-dealkylation sites (tertiary alicyclic amines) is 1. The zero-order valence-corrected chi connectivity index (χ0v) is 16.7. The first kappa shape index (κ1) is 20.4. The summed E-state index contributed by atoms with van der Waals surface area (Å²) in [6.45, 7) is 5.80. The van der Waals surface area contributed by atoms with Crippen molar-refractivity contribution in [3.8, 4) is 0 Å². The van der Waals surface area contributed by atoms with E-state index < -0.39 is 10.1 Å². The number of nitrogens with two attached hydrogens (primary N) is 2. The smallest absolute Gasteiger partial charge is 0.300 e. The van der Waals surface area contributed by atoms with Gasteiger partial charge in [-0.25, -0.2) is 4.99 Å². The maximum atomic E-state index is 11.9. The van der Waals surface area contributed by atoms with Crippen LogP contribution in [-0.2, 0) is 10.1 Å². The van der Waals surface area contributed by atoms with Gasteiger partial charge in [0.25, 0.3) is 0 Å². The molecule has 3 rings (SSSR count). The van der Waals surface area contributed by atoms with E-state index in [1.54, 1.807) is 12.1 Å². The minimum Gasteiger partial charge on any atom is -0.318 e. The summed E-state index contributed by atoms with van der Waals surface area (Å²) in [5, 5.41) is 0. The molecular formula is C18H30N5O3S+. The van der Waals surface area contributed by atoms with Crippen LogP contribution in [0.15, 0.2) is 28.1 Å². The van der Waals surface area contributed by atoms with Gasteiger partial charge in [0.15, 0.2) is 10.6 Å². The highest BCUT2D eigenvalue weighted by molar-refractivity contribution is 7.86. The molecule has 0 radical (unpaired) electrons. The molecule has 9 heteroatoms. The quantitative estimate of drug-likeness (QED) is 0.375. The summed E-state index contributed by atoms with van der Waals surface area (Å²) in [7, 11) is -4.40. The van der Waals surface area contributed by atoms with E-state index in [4.69, 9.17) is 11.6 Å². The summed E-state index contributed by atoms with van der Waals surface area (Å²) < 4.78 is 33.2. The molecule has 2 aliphatic rings. The fourth-order valence-corrected chi connectivity index (χ4v) is 4.74. The largest absolute Gasteiger partial charge is 0.318 e. The number of rotatable bonds is 6. The van der Waals surface area contributed by atoms with Gasteiger partial charge < -0.3 is 10.6 Å². The fourth-order valence-electron chi connectivity index (χ4n) is 4.01. The fraction of sp³-hybridized carbons (Fsp3) is 0.611.